The molecule has 0 saturated heterocycles. The second-order valence-electron chi connectivity index (χ2n) is 6.66. The maximum atomic E-state index is 12.5. The van der Waals surface area contributed by atoms with Gasteiger partial charge in [0.1, 0.15) is 24.0 Å². The van der Waals surface area contributed by atoms with Crippen molar-refractivity contribution in [1.82, 2.24) is 0 Å². The molecule has 166 valence electrons. The van der Waals surface area contributed by atoms with Crippen molar-refractivity contribution in [3.63, 3.8) is 0 Å². The molecule has 0 bridgehead atoms. The number of ether oxygens (including phenoxy) is 1. The number of hydrogen-bond donors (Lipinski definition) is 1. The molecule has 0 aliphatic rings. The summed E-state index contributed by atoms with van der Waals surface area (Å²) in [6.45, 7) is 0.424. The lowest BCUT2D eigenvalue weighted by Gasteiger charge is -2.12. The average molecular weight is 777 g/mol. The van der Waals surface area contributed by atoms with Gasteiger partial charge < -0.3 is 10.1 Å². The van der Waals surface area contributed by atoms with Crippen LogP contribution in [0.3, 0.4) is 0 Å². The van der Waals surface area contributed by atoms with Crippen molar-refractivity contribution >= 4 is 91.1 Å². The highest BCUT2D eigenvalue weighted by atomic mass is 127. The topological polar surface area (TPSA) is 105 Å². The van der Waals surface area contributed by atoms with Crippen molar-refractivity contribution in [2.45, 2.75) is 6.61 Å². The van der Waals surface area contributed by atoms with Crippen molar-refractivity contribution in [3.8, 4) is 11.8 Å². The van der Waals surface area contributed by atoms with Crippen LogP contribution in [0, 0.1) is 32.2 Å². The van der Waals surface area contributed by atoms with Crippen molar-refractivity contribution in [3.05, 3.63) is 98.2 Å². The molecule has 3 aromatic carbocycles. The predicted octanol–water partition coefficient (Wildman–Crippen LogP) is 6.53. The molecule has 3 aromatic rings. The first-order chi connectivity index (χ1) is 15.8. The zero-order valence-electron chi connectivity index (χ0n) is 16.7. The molecule has 3 rings (SSSR count). The summed E-state index contributed by atoms with van der Waals surface area (Å²) in [6.07, 6.45) is 1.47. The van der Waals surface area contributed by atoms with Crippen molar-refractivity contribution in [2.75, 3.05) is 5.32 Å². The van der Waals surface area contributed by atoms with Gasteiger partial charge in [0.05, 0.1) is 12.1 Å². The van der Waals surface area contributed by atoms with Gasteiger partial charge in [-0.05, 0) is 115 Å². The fourth-order valence-corrected chi connectivity index (χ4v) is 5.24. The molecule has 1 N–H and O–H groups in total. The standard InChI is InChI=1S/C23H14I3N3O4/c24-17-6-4-14(5-7-17)13-33-22-20(25)9-15(10-21(22)26)8-16(12-27)23(30)28-18-2-1-3-19(11-18)29(31)32/h1-11H,13H2,(H,28,30)/b16-8+. The molecule has 0 aliphatic carbocycles. The maximum absolute atomic E-state index is 12.5. The second-order valence-corrected chi connectivity index (χ2v) is 10.2. The third-order valence-corrected chi connectivity index (χ3v) is 6.63. The lowest BCUT2D eigenvalue weighted by Crippen LogP contribution is -2.13. The smallest absolute Gasteiger partial charge is 0.271 e. The summed E-state index contributed by atoms with van der Waals surface area (Å²) in [7, 11) is 0. The molecule has 0 fully saturated rings. The Labute approximate surface area is 230 Å². The zero-order chi connectivity index (χ0) is 24.0. The van der Waals surface area contributed by atoms with Crippen LogP contribution in [0.5, 0.6) is 5.75 Å². The van der Waals surface area contributed by atoms with Gasteiger partial charge in [0.15, 0.2) is 0 Å². The molecule has 0 aromatic heterocycles. The van der Waals surface area contributed by atoms with E-state index in [0.717, 1.165) is 22.0 Å². The van der Waals surface area contributed by atoms with Crippen LogP contribution < -0.4 is 10.1 Å². The Morgan fingerprint density at radius 3 is 2.36 bits per heavy atom. The quantitative estimate of drug-likeness (QED) is 0.0967. The summed E-state index contributed by atoms with van der Waals surface area (Å²) in [5.74, 6) is 0.0773. The molecule has 0 heterocycles. The Kier molecular flexibility index (Phi) is 9.03. The van der Waals surface area contributed by atoms with Crippen LogP contribution in [-0.4, -0.2) is 10.8 Å². The van der Waals surface area contributed by atoms with E-state index in [-0.39, 0.29) is 16.9 Å². The van der Waals surface area contributed by atoms with Crippen molar-refractivity contribution in [2.24, 2.45) is 0 Å². The Hall–Kier alpha value is -2.25. The summed E-state index contributed by atoms with van der Waals surface area (Å²) in [5.41, 5.74) is 1.67. The molecule has 0 radical (unpaired) electrons. The highest BCUT2D eigenvalue weighted by molar-refractivity contribution is 14.1. The van der Waals surface area contributed by atoms with E-state index in [2.05, 4.69) is 73.1 Å². The third-order valence-electron chi connectivity index (χ3n) is 4.31. The number of rotatable bonds is 7. The van der Waals surface area contributed by atoms with Gasteiger partial charge in [-0.3, -0.25) is 14.9 Å². The number of amides is 1. The second kappa shape index (κ2) is 11.7. The lowest BCUT2D eigenvalue weighted by molar-refractivity contribution is -0.384. The Bertz CT molecular complexity index is 1260. The van der Waals surface area contributed by atoms with Crippen molar-refractivity contribution < 1.29 is 14.5 Å². The number of anilines is 1. The molecule has 33 heavy (non-hydrogen) atoms. The van der Waals surface area contributed by atoms with E-state index in [1.54, 1.807) is 0 Å². The summed E-state index contributed by atoms with van der Waals surface area (Å²) in [5, 5.41) is 22.9. The van der Waals surface area contributed by atoms with Gasteiger partial charge in [0, 0.05) is 21.4 Å². The number of nitriles is 1. The minimum absolute atomic E-state index is 0.124. The average Bonchev–Trinajstić information content (AvgIpc) is 2.78. The van der Waals surface area contributed by atoms with Gasteiger partial charge >= 0.3 is 0 Å². The minimum atomic E-state index is -0.651. The van der Waals surface area contributed by atoms with Crippen LogP contribution in [0.2, 0.25) is 0 Å². The molecule has 0 spiro atoms. The lowest BCUT2D eigenvalue weighted by atomic mass is 10.1. The molecule has 1 amide bonds. The summed E-state index contributed by atoms with van der Waals surface area (Å²) >= 11 is 6.56. The molecule has 0 aliphatic heterocycles. The Balaban J connectivity index is 1.77. The SMILES string of the molecule is N#C/C(=C\c1cc(I)c(OCc2ccc(I)cc2)c(I)c1)C(=O)Nc1cccc([N+](=O)[O-])c1. The monoisotopic (exact) mass is 777 g/mol. The van der Waals surface area contributed by atoms with Gasteiger partial charge in [-0.1, -0.05) is 18.2 Å². The molecular weight excluding hydrogens is 763 g/mol. The number of carbonyl (C=O) groups is 1. The van der Waals surface area contributed by atoms with Crippen LogP contribution in [0.15, 0.2) is 66.2 Å². The summed E-state index contributed by atoms with van der Waals surface area (Å²) in [4.78, 5) is 22.9. The van der Waals surface area contributed by atoms with E-state index in [0.29, 0.717) is 12.2 Å². The fourth-order valence-electron chi connectivity index (χ4n) is 2.75. The number of nitrogens with one attached hydrogen (secondary N) is 1. The number of carbonyl (C=O) groups excluding carboxylic acids is 1. The highest BCUT2D eigenvalue weighted by Crippen LogP contribution is 2.30. The molecular formula is C23H14I3N3O4. The van der Waals surface area contributed by atoms with E-state index in [1.807, 2.05) is 42.5 Å². The third kappa shape index (κ3) is 7.11. The first kappa shape index (κ1) is 25.4. The fraction of sp³-hybridized carbons (Fsp3) is 0.0435. The minimum Gasteiger partial charge on any atom is -0.487 e. The Morgan fingerprint density at radius 1 is 1.09 bits per heavy atom. The maximum Gasteiger partial charge on any atom is 0.271 e. The van der Waals surface area contributed by atoms with Gasteiger partial charge in [0.25, 0.3) is 11.6 Å². The van der Waals surface area contributed by atoms with Crippen LogP contribution in [0.1, 0.15) is 11.1 Å². The van der Waals surface area contributed by atoms with Crippen LogP contribution >= 0.6 is 67.8 Å². The molecule has 10 heteroatoms. The number of nitro benzene ring substituents is 1. The highest BCUT2D eigenvalue weighted by Gasteiger charge is 2.14. The number of nitro groups is 1. The van der Waals surface area contributed by atoms with Gasteiger partial charge in [-0.2, -0.15) is 5.26 Å². The summed E-state index contributed by atoms with van der Waals surface area (Å²) in [6, 6.07) is 19.1. The normalized spacial score (nSPS) is 10.9. The van der Waals surface area contributed by atoms with E-state index in [9.17, 15) is 20.2 Å². The van der Waals surface area contributed by atoms with E-state index >= 15 is 0 Å². The van der Waals surface area contributed by atoms with Crippen LogP contribution in [0.25, 0.3) is 6.08 Å². The number of hydrogen-bond acceptors (Lipinski definition) is 5. The molecule has 0 unspecified atom stereocenters. The number of nitrogens with zero attached hydrogens (tertiary/aromatic N) is 2. The number of benzene rings is 3. The molecule has 0 saturated carbocycles. The van der Waals surface area contributed by atoms with Gasteiger partial charge in [0.2, 0.25) is 0 Å². The largest absolute Gasteiger partial charge is 0.487 e. The van der Waals surface area contributed by atoms with Crippen molar-refractivity contribution in [1.29, 1.82) is 5.26 Å². The first-order valence-corrected chi connectivity index (χ1v) is 12.5. The van der Waals surface area contributed by atoms with Gasteiger partial charge in [-0.15, -0.1) is 0 Å². The zero-order valence-corrected chi connectivity index (χ0v) is 23.2. The van der Waals surface area contributed by atoms with Crippen LogP contribution in [-0.2, 0) is 11.4 Å². The Morgan fingerprint density at radius 2 is 1.76 bits per heavy atom. The van der Waals surface area contributed by atoms with E-state index in [4.69, 9.17) is 4.74 Å². The van der Waals surface area contributed by atoms with Gasteiger partial charge in [-0.25, -0.2) is 0 Å². The number of non-ortho nitro benzene ring substituents is 1. The van der Waals surface area contributed by atoms with E-state index < -0.39 is 10.8 Å². The van der Waals surface area contributed by atoms with E-state index in [1.165, 1.54) is 30.3 Å². The van der Waals surface area contributed by atoms with Crippen LogP contribution in [0.4, 0.5) is 11.4 Å². The first-order valence-electron chi connectivity index (χ1n) is 9.30. The summed E-state index contributed by atoms with van der Waals surface area (Å²) < 4.78 is 8.83. The molecule has 0 atom stereocenters. The predicted molar refractivity (Wildman–Crippen MR) is 151 cm³/mol. The molecule has 7 nitrogen and oxygen atoms in total. The number of halogens is 3.